The van der Waals surface area contributed by atoms with Crippen molar-refractivity contribution in [3.8, 4) is 5.75 Å². The maximum Gasteiger partial charge on any atom is 0.273 e. The van der Waals surface area contributed by atoms with E-state index in [1.165, 1.54) is 4.68 Å². The Morgan fingerprint density at radius 3 is 2.72 bits per heavy atom. The van der Waals surface area contributed by atoms with Crippen molar-refractivity contribution in [3.05, 3.63) is 74.8 Å². The molecule has 1 aromatic heterocycles. The second kappa shape index (κ2) is 7.95. The third kappa shape index (κ3) is 3.68. The van der Waals surface area contributed by atoms with Crippen LogP contribution in [0.1, 0.15) is 30.9 Å². The molecule has 0 radical (unpaired) electrons. The van der Waals surface area contributed by atoms with Gasteiger partial charge in [-0.3, -0.25) is 19.5 Å². The van der Waals surface area contributed by atoms with Crippen LogP contribution in [0.3, 0.4) is 0 Å². The minimum atomic E-state index is -0.330. The minimum absolute atomic E-state index is 0.00461. The average molecular weight is 393 g/mol. The Morgan fingerprint density at radius 1 is 1.14 bits per heavy atom. The first-order chi connectivity index (χ1) is 14.1. The third-order valence-electron chi connectivity index (χ3n) is 5.48. The van der Waals surface area contributed by atoms with E-state index >= 15 is 0 Å². The number of ether oxygens (including phenoxy) is 1. The molecule has 2 aromatic carbocycles. The van der Waals surface area contributed by atoms with Gasteiger partial charge in [0.15, 0.2) is 0 Å². The molecule has 1 N–H and O–H groups in total. The maximum atomic E-state index is 12.9. The zero-order valence-corrected chi connectivity index (χ0v) is 16.3. The lowest BCUT2D eigenvalue weighted by molar-refractivity contribution is -0.132. The lowest BCUT2D eigenvalue weighted by atomic mass is 10.0. The summed E-state index contributed by atoms with van der Waals surface area (Å²) in [5, 5.41) is 3.30. The fourth-order valence-electron chi connectivity index (χ4n) is 4.02. The van der Waals surface area contributed by atoms with Crippen molar-refractivity contribution < 1.29 is 9.53 Å². The van der Waals surface area contributed by atoms with Gasteiger partial charge in [0, 0.05) is 13.0 Å². The molecular weight excluding hydrogens is 370 g/mol. The number of carbonyl (C=O) groups is 1. The van der Waals surface area contributed by atoms with Gasteiger partial charge in [-0.25, -0.2) is 4.68 Å². The fraction of sp³-hybridized carbons (Fsp3) is 0.318. The highest BCUT2D eigenvalue weighted by molar-refractivity contribution is 5.80. The number of nitrogens with zero attached hydrogens (tertiary/aromatic N) is 2. The van der Waals surface area contributed by atoms with E-state index in [4.69, 9.17) is 4.74 Å². The van der Waals surface area contributed by atoms with Gasteiger partial charge in [0.1, 0.15) is 5.75 Å². The van der Waals surface area contributed by atoms with E-state index in [1.54, 1.807) is 31.4 Å². The Bertz CT molecular complexity index is 1160. The number of methoxy groups -OCH3 is 1. The molecule has 4 rings (SSSR count). The summed E-state index contributed by atoms with van der Waals surface area (Å²) in [6, 6.07) is 14.5. The first-order valence-corrected chi connectivity index (χ1v) is 9.74. The summed E-state index contributed by atoms with van der Waals surface area (Å²) in [5.41, 5.74) is 0.424. The zero-order valence-electron chi connectivity index (χ0n) is 16.3. The van der Waals surface area contributed by atoms with E-state index in [9.17, 15) is 14.4 Å². The highest BCUT2D eigenvalue weighted by atomic mass is 16.5. The van der Waals surface area contributed by atoms with Crippen LogP contribution >= 0.6 is 0 Å². The molecule has 7 nitrogen and oxygen atoms in total. The van der Waals surface area contributed by atoms with Crippen LogP contribution in [0, 0.1) is 0 Å². The SMILES string of the molecule is COc1cccc(C2CCCN2C(=O)CCn2[nH]c(=O)c3ccccc3c2=O)c1. The van der Waals surface area contributed by atoms with Gasteiger partial charge in [-0.1, -0.05) is 24.3 Å². The Balaban J connectivity index is 1.52. The van der Waals surface area contributed by atoms with Crippen LogP contribution in [0.5, 0.6) is 5.75 Å². The van der Waals surface area contributed by atoms with Crippen LogP contribution in [0.25, 0.3) is 10.8 Å². The van der Waals surface area contributed by atoms with E-state index in [0.717, 1.165) is 24.2 Å². The van der Waals surface area contributed by atoms with E-state index in [0.29, 0.717) is 17.3 Å². The number of amides is 1. The first-order valence-electron chi connectivity index (χ1n) is 9.74. The molecule has 1 aliphatic rings. The first kappa shape index (κ1) is 19.0. The molecule has 0 aliphatic carbocycles. The Labute approximate surface area is 167 Å². The van der Waals surface area contributed by atoms with Gasteiger partial charge in [-0.05, 0) is 42.7 Å². The molecule has 1 atom stereocenters. The summed E-state index contributed by atoms with van der Waals surface area (Å²) in [4.78, 5) is 39.6. The molecule has 7 heteroatoms. The van der Waals surface area contributed by atoms with Crippen LogP contribution in [-0.2, 0) is 11.3 Å². The summed E-state index contributed by atoms with van der Waals surface area (Å²) in [7, 11) is 1.62. The van der Waals surface area contributed by atoms with E-state index in [-0.39, 0.29) is 36.0 Å². The number of fused-ring (bicyclic) bond motifs is 1. The molecule has 1 fully saturated rings. The number of H-pyrrole nitrogens is 1. The number of aromatic amines is 1. The topological polar surface area (TPSA) is 84.4 Å². The Hall–Kier alpha value is -3.35. The molecule has 1 saturated heterocycles. The zero-order chi connectivity index (χ0) is 20.4. The van der Waals surface area contributed by atoms with E-state index < -0.39 is 0 Å². The number of benzene rings is 2. The predicted molar refractivity (Wildman–Crippen MR) is 110 cm³/mol. The normalized spacial score (nSPS) is 16.3. The second-order valence-corrected chi connectivity index (χ2v) is 7.22. The maximum absolute atomic E-state index is 12.9. The molecule has 2 heterocycles. The van der Waals surface area contributed by atoms with Crippen molar-refractivity contribution in [2.75, 3.05) is 13.7 Å². The Morgan fingerprint density at radius 2 is 1.93 bits per heavy atom. The molecular formula is C22H23N3O4. The number of likely N-dealkylation sites (tertiary alicyclic amines) is 1. The smallest absolute Gasteiger partial charge is 0.273 e. The van der Waals surface area contributed by atoms with Gasteiger partial charge in [-0.15, -0.1) is 0 Å². The molecule has 1 aliphatic heterocycles. The summed E-state index contributed by atoms with van der Waals surface area (Å²) in [6.45, 7) is 0.822. The van der Waals surface area contributed by atoms with Gasteiger partial charge in [0.05, 0.1) is 30.5 Å². The fourth-order valence-corrected chi connectivity index (χ4v) is 4.02. The molecule has 1 unspecified atom stereocenters. The summed E-state index contributed by atoms with van der Waals surface area (Å²) >= 11 is 0. The number of carbonyl (C=O) groups excluding carboxylic acids is 1. The molecule has 29 heavy (non-hydrogen) atoms. The summed E-state index contributed by atoms with van der Waals surface area (Å²) in [5.74, 6) is 0.735. The molecule has 1 amide bonds. The molecule has 0 bridgehead atoms. The van der Waals surface area contributed by atoms with Gasteiger partial charge in [-0.2, -0.15) is 0 Å². The molecule has 150 valence electrons. The Kier molecular flexibility index (Phi) is 5.20. The number of aromatic nitrogens is 2. The number of hydrogen-bond acceptors (Lipinski definition) is 4. The molecule has 3 aromatic rings. The van der Waals surface area contributed by atoms with Crippen molar-refractivity contribution in [1.29, 1.82) is 0 Å². The van der Waals surface area contributed by atoms with Crippen LogP contribution in [0.4, 0.5) is 0 Å². The quantitative estimate of drug-likeness (QED) is 0.722. The van der Waals surface area contributed by atoms with Crippen LogP contribution in [0.15, 0.2) is 58.1 Å². The average Bonchev–Trinajstić information content (AvgIpc) is 3.25. The van der Waals surface area contributed by atoms with Gasteiger partial charge < -0.3 is 9.64 Å². The van der Waals surface area contributed by atoms with Gasteiger partial charge in [0.25, 0.3) is 11.1 Å². The lowest BCUT2D eigenvalue weighted by Gasteiger charge is -2.25. The van der Waals surface area contributed by atoms with Crippen molar-refractivity contribution in [2.45, 2.75) is 31.8 Å². The number of rotatable bonds is 5. The van der Waals surface area contributed by atoms with Crippen molar-refractivity contribution in [1.82, 2.24) is 14.7 Å². The standard InChI is InChI=1S/C22H23N3O4/c1-29-16-7-4-6-15(14-16)19-10-5-12-24(19)20(26)11-13-25-22(28)18-9-3-2-8-17(18)21(27)23-25/h2-4,6-9,14,19H,5,10-13H2,1H3,(H,23,27). The van der Waals surface area contributed by atoms with Gasteiger partial charge in [0.2, 0.25) is 5.91 Å². The van der Waals surface area contributed by atoms with Crippen molar-refractivity contribution >= 4 is 16.7 Å². The molecule has 0 spiro atoms. The number of nitrogens with one attached hydrogen (secondary N) is 1. The minimum Gasteiger partial charge on any atom is -0.497 e. The molecule has 0 saturated carbocycles. The van der Waals surface area contributed by atoms with Crippen LogP contribution in [0.2, 0.25) is 0 Å². The second-order valence-electron chi connectivity index (χ2n) is 7.22. The van der Waals surface area contributed by atoms with Crippen molar-refractivity contribution in [2.24, 2.45) is 0 Å². The van der Waals surface area contributed by atoms with Crippen molar-refractivity contribution in [3.63, 3.8) is 0 Å². The van der Waals surface area contributed by atoms with Crippen LogP contribution in [-0.4, -0.2) is 34.2 Å². The summed E-state index contributed by atoms with van der Waals surface area (Å²) < 4.78 is 6.54. The highest BCUT2D eigenvalue weighted by Crippen LogP contribution is 2.33. The predicted octanol–water partition coefficient (Wildman–Crippen LogP) is 2.45. The monoisotopic (exact) mass is 393 g/mol. The lowest BCUT2D eigenvalue weighted by Crippen LogP contribution is -2.34. The third-order valence-corrected chi connectivity index (χ3v) is 5.48. The van der Waals surface area contributed by atoms with Gasteiger partial charge >= 0.3 is 0 Å². The largest absolute Gasteiger partial charge is 0.497 e. The summed E-state index contributed by atoms with van der Waals surface area (Å²) in [6.07, 6.45) is 1.97. The van der Waals surface area contributed by atoms with E-state index in [2.05, 4.69) is 5.10 Å². The van der Waals surface area contributed by atoms with E-state index in [1.807, 2.05) is 29.2 Å². The number of aryl methyl sites for hydroxylation is 1. The number of hydrogen-bond donors (Lipinski definition) is 1. The highest BCUT2D eigenvalue weighted by Gasteiger charge is 2.29. The van der Waals surface area contributed by atoms with Crippen LogP contribution < -0.4 is 15.9 Å².